The van der Waals surface area contributed by atoms with E-state index >= 15 is 0 Å². The van der Waals surface area contributed by atoms with Gasteiger partial charge in [-0.2, -0.15) is 0 Å². The molecule has 0 saturated carbocycles. The highest BCUT2D eigenvalue weighted by Crippen LogP contribution is 2.43. The second-order valence-electron chi connectivity index (χ2n) is 14.0. The van der Waals surface area contributed by atoms with Crippen molar-refractivity contribution >= 4 is 54.3 Å². The molecular formula is C51H31N3O. The van der Waals surface area contributed by atoms with Crippen molar-refractivity contribution in [2.45, 2.75) is 0 Å². The van der Waals surface area contributed by atoms with Gasteiger partial charge in [-0.05, 0) is 55.8 Å². The first-order valence-corrected chi connectivity index (χ1v) is 18.5. The molecule has 11 rings (SSSR count). The van der Waals surface area contributed by atoms with Crippen LogP contribution >= 0.6 is 0 Å². The van der Waals surface area contributed by atoms with Gasteiger partial charge in [-0.1, -0.05) is 176 Å². The summed E-state index contributed by atoms with van der Waals surface area (Å²) in [7, 11) is 0. The van der Waals surface area contributed by atoms with Crippen LogP contribution in [0.15, 0.2) is 192 Å². The number of para-hydroxylation sites is 1. The minimum Gasteiger partial charge on any atom is -0.455 e. The summed E-state index contributed by atoms with van der Waals surface area (Å²) in [6.45, 7) is 0. The summed E-state index contributed by atoms with van der Waals surface area (Å²) < 4.78 is 6.90. The van der Waals surface area contributed by atoms with E-state index in [-0.39, 0.29) is 0 Å². The molecule has 11 aromatic rings. The van der Waals surface area contributed by atoms with E-state index in [4.69, 9.17) is 19.4 Å². The fourth-order valence-electron chi connectivity index (χ4n) is 8.00. The summed E-state index contributed by atoms with van der Waals surface area (Å²) in [5, 5.41) is 8.94. The number of furan rings is 1. The average molecular weight is 702 g/mol. The SMILES string of the molecule is c1ccc(-c2nc(-c3ccc(-c4ccc5ccccc5c4)cc3)nc(-c3cc4c5cccc(-c6cccc7ccccc67)c5oc4c4ccccc34)n2)cc1. The van der Waals surface area contributed by atoms with E-state index < -0.39 is 0 Å². The van der Waals surface area contributed by atoms with Crippen molar-refractivity contribution in [3.63, 3.8) is 0 Å². The summed E-state index contributed by atoms with van der Waals surface area (Å²) in [5.41, 5.74) is 9.01. The van der Waals surface area contributed by atoms with Gasteiger partial charge in [0.2, 0.25) is 0 Å². The Morgan fingerprint density at radius 3 is 1.64 bits per heavy atom. The van der Waals surface area contributed by atoms with E-state index in [0.29, 0.717) is 17.5 Å². The minimum absolute atomic E-state index is 0.611. The van der Waals surface area contributed by atoms with Crippen molar-refractivity contribution in [1.29, 1.82) is 0 Å². The van der Waals surface area contributed by atoms with Crippen LogP contribution in [0.5, 0.6) is 0 Å². The van der Waals surface area contributed by atoms with Gasteiger partial charge >= 0.3 is 0 Å². The van der Waals surface area contributed by atoms with Crippen LogP contribution in [0, 0.1) is 0 Å². The van der Waals surface area contributed by atoms with Crippen molar-refractivity contribution in [3.05, 3.63) is 188 Å². The number of hydrogen-bond donors (Lipinski definition) is 0. The molecule has 0 N–H and O–H groups in total. The third-order valence-corrected chi connectivity index (χ3v) is 10.7. The Bertz CT molecular complexity index is 3250. The molecule has 0 atom stereocenters. The number of nitrogens with zero attached hydrogens (tertiary/aromatic N) is 3. The zero-order chi connectivity index (χ0) is 36.3. The quantitative estimate of drug-likeness (QED) is 0.179. The van der Waals surface area contributed by atoms with Gasteiger partial charge in [0.25, 0.3) is 0 Å². The molecule has 2 aromatic heterocycles. The molecule has 0 spiro atoms. The first-order chi connectivity index (χ1) is 27.2. The van der Waals surface area contributed by atoms with Crippen LogP contribution in [-0.4, -0.2) is 15.0 Å². The monoisotopic (exact) mass is 701 g/mol. The molecule has 0 bridgehead atoms. The van der Waals surface area contributed by atoms with E-state index in [0.717, 1.165) is 66.1 Å². The molecule has 0 aliphatic carbocycles. The topological polar surface area (TPSA) is 51.8 Å². The standard InChI is InChI=1S/C51H31N3O/c1-2-14-35(15-3-1)49-52-50(36-27-24-33(25-28-36)38-29-26-32-12-4-5-16-37(32)30-38)54-51(53-49)46-31-45-44-23-11-22-43(40-21-10-17-34-13-6-7-18-39(34)40)47(44)55-48(45)42-20-9-8-19-41(42)46/h1-31H. The van der Waals surface area contributed by atoms with Crippen LogP contribution in [0.2, 0.25) is 0 Å². The average Bonchev–Trinajstić information content (AvgIpc) is 3.65. The van der Waals surface area contributed by atoms with Gasteiger partial charge in [-0.25, -0.2) is 15.0 Å². The first-order valence-electron chi connectivity index (χ1n) is 18.5. The second-order valence-corrected chi connectivity index (χ2v) is 14.0. The Hall–Kier alpha value is -7.43. The van der Waals surface area contributed by atoms with Crippen molar-refractivity contribution in [3.8, 4) is 56.4 Å². The van der Waals surface area contributed by atoms with Crippen LogP contribution in [0.1, 0.15) is 0 Å². The molecule has 0 radical (unpaired) electrons. The molecular weight excluding hydrogens is 671 g/mol. The molecule has 4 nitrogen and oxygen atoms in total. The van der Waals surface area contributed by atoms with E-state index in [9.17, 15) is 0 Å². The summed E-state index contributed by atoms with van der Waals surface area (Å²) in [4.78, 5) is 15.4. The number of fused-ring (bicyclic) bond motifs is 7. The smallest absolute Gasteiger partial charge is 0.164 e. The maximum absolute atomic E-state index is 6.90. The summed E-state index contributed by atoms with van der Waals surface area (Å²) >= 11 is 0. The lowest BCUT2D eigenvalue weighted by atomic mass is 9.95. The fraction of sp³-hybridized carbons (Fsp3) is 0. The Morgan fingerprint density at radius 2 is 0.818 bits per heavy atom. The Kier molecular flexibility index (Phi) is 7.14. The maximum atomic E-state index is 6.90. The van der Waals surface area contributed by atoms with E-state index in [1.807, 2.05) is 30.3 Å². The molecule has 0 fully saturated rings. The number of rotatable bonds is 5. The summed E-state index contributed by atoms with van der Waals surface area (Å²) in [5.74, 6) is 1.85. The van der Waals surface area contributed by atoms with Gasteiger partial charge in [0.15, 0.2) is 17.5 Å². The van der Waals surface area contributed by atoms with E-state index in [2.05, 4.69) is 158 Å². The van der Waals surface area contributed by atoms with Crippen molar-refractivity contribution in [2.75, 3.05) is 0 Å². The fourth-order valence-corrected chi connectivity index (χ4v) is 8.00. The number of aromatic nitrogens is 3. The first kappa shape index (κ1) is 31.1. The zero-order valence-corrected chi connectivity index (χ0v) is 29.6. The lowest BCUT2D eigenvalue weighted by molar-refractivity contribution is 0.674. The zero-order valence-electron chi connectivity index (χ0n) is 29.6. The third kappa shape index (κ3) is 5.26. The molecule has 0 saturated heterocycles. The summed E-state index contributed by atoms with van der Waals surface area (Å²) in [6, 6.07) is 65.7. The van der Waals surface area contributed by atoms with Gasteiger partial charge in [0.1, 0.15) is 11.2 Å². The Balaban J connectivity index is 1.10. The molecule has 55 heavy (non-hydrogen) atoms. The molecule has 0 amide bonds. The van der Waals surface area contributed by atoms with Gasteiger partial charge in [-0.15, -0.1) is 0 Å². The highest BCUT2D eigenvalue weighted by molar-refractivity contribution is 6.21. The molecule has 0 unspecified atom stereocenters. The highest BCUT2D eigenvalue weighted by Gasteiger charge is 2.21. The highest BCUT2D eigenvalue weighted by atomic mass is 16.3. The number of benzene rings is 9. The van der Waals surface area contributed by atoms with Crippen molar-refractivity contribution in [2.24, 2.45) is 0 Å². The Labute approximate surface area is 317 Å². The van der Waals surface area contributed by atoms with Crippen LogP contribution in [0.3, 0.4) is 0 Å². The van der Waals surface area contributed by atoms with Crippen molar-refractivity contribution < 1.29 is 4.42 Å². The summed E-state index contributed by atoms with van der Waals surface area (Å²) in [6.07, 6.45) is 0. The van der Waals surface area contributed by atoms with Crippen LogP contribution in [0.25, 0.3) is 111 Å². The molecule has 0 aliphatic rings. The lowest BCUT2D eigenvalue weighted by Gasteiger charge is -2.11. The predicted molar refractivity (Wildman–Crippen MR) is 227 cm³/mol. The molecule has 2 heterocycles. The van der Waals surface area contributed by atoms with Crippen LogP contribution < -0.4 is 0 Å². The van der Waals surface area contributed by atoms with E-state index in [1.54, 1.807) is 0 Å². The maximum Gasteiger partial charge on any atom is 0.164 e. The molecule has 256 valence electrons. The van der Waals surface area contributed by atoms with Gasteiger partial charge in [0.05, 0.1) is 0 Å². The van der Waals surface area contributed by atoms with Gasteiger partial charge in [0, 0.05) is 38.4 Å². The Morgan fingerprint density at radius 1 is 0.273 bits per heavy atom. The lowest BCUT2D eigenvalue weighted by Crippen LogP contribution is -2.00. The van der Waals surface area contributed by atoms with Crippen molar-refractivity contribution in [1.82, 2.24) is 15.0 Å². The number of hydrogen-bond acceptors (Lipinski definition) is 4. The van der Waals surface area contributed by atoms with E-state index in [1.165, 1.54) is 27.1 Å². The van der Waals surface area contributed by atoms with Gasteiger partial charge < -0.3 is 4.42 Å². The van der Waals surface area contributed by atoms with Gasteiger partial charge in [-0.3, -0.25) is 0 Å². The predicted octanol–water partition coefficient (Wildman–Crippen LogP) is 13.6. The minimum atomic E-state index is 0.611. The third-order valence-electron chi connectivity index (χ3n) is 10.7. The molecule has 4 heteroatoms. The molecule has 9 aromatic carbocycles. The van der Waals surface area contributed by atoms with Crippen LogP contribution in [-0.2, 0) is 0 Å². The normalized spacial score (nSPS) is 11.6. The largest absolute Gasteiger partial charge is 0.455 e. The second kappa shape index (κ2) is 12.6. The molecule has 0 aliphatic heterocycles. The van der Waals surface area contributed by atoms with Crippen LogP contribution in [0.4, 0.5) is 0 Å².